The molecule has 1 amide bonds. The number of hydrogen-bond acceptors (Lipinski definition) is 4. The number of imidazole rings is 1. The van der Waals surface area contributed by atoms with Gasteiger partial charge in [0, 0.05) is 24.5 Å². The van der Waals surface area contributed by atoms with E-state index in [0.29, 0.717) is 5.69 Å². The highest BCUT2D eigenvalue weighted by Crippen LogP contribution is 2.44. The van der Waals surface area contributed by atoms with Crippen LogP contribution in [0.1, 0.15) is 41.2 Å². The number of aryl methyl sites for hydroxylation is 2. The molecule has 3 N–H and O–H groups in total. The predicted octanol–water partition coefficient (Wildman–Crippen LogP) is 3.81. The minimum atomic E-state index is -1.13. The zero-order valence-electron chi connectivity index (χ0n) is 17.5. The molecule has 0 saturated carbocycles. The maximum atomic E-state index is 12.5. The van der Waals surface area contributed by atoms with Gasteiger partial charge in [0.1, 0.15) is 18.5 Å². The first-order valence-corrected chi connectivity index (χ1v) is 10.4. The largest absolute Gasteiger partial charge is 0.480 e. The number of carbonyl (C=O) groups excluding carboxylic acids is 1. The van der Waals surface area contributed by atoms with Crippen LogP contribution in [0.15, 0.2) is 48.5 Å². The third-order valence-corrected chi connectivity index (χ3v) is 5.70. The van der Waals surface area contributed by atoms with E-state index in [1.807, 2.05) is 50.2 Å². The van der Waals surface area contributed by atoms with Gasteiger partial charge in [0.25, 0.3) is 0 Å². The van der Waals surface area contributed by atoms with Crippen LogP contribution in [0.5, 0.6) is 0 Å². The standard InChI is InChI=1S/C24H25N3O4/c1-3-22-25-14(2)20(26-22)12-21(23(28)29)27-24(30)31-13-19-17-10-6-4-8-15(17)16-9-5-7-11-18(16)19/h4-11,19,21H,3,12-13H2,1-2H3,(H,25,26)(H,27,30)(H,28,29). The normalized spacial score (nSPS) is 13.4. The second-order valence-electron chi connectivity index (χ2n) is 7.67. The highest BCUT2D eigenvalue weighted by Gasteiger charge is 2.30. The lowest BCUT2D eigenvalue weighted by Crippen LogP contribution is -2.43. The van der Waals surface area contributed by atoms with Crippen LogP contribution in [0, 0.1) is 6.92 Å². The first-order chi connectivity index (χ1) is 15.0. The Kier molecular flexibility index (Phi) is 5.75. The van der Waals surface area contributed by atoms with Gasteiger partial charge in [-0.1, -0.05) is 55.5 Å². The molecule has 2 aromatic carbocycles. The lowest BCUT2D eigenvalue weighted by atomic mass is 9.98. The first-order valence-electron chi connectivity index (χ1n) is 10.4. The van der Waals surface area contributed by atoms with Crippen molar-refractivity contribution in [2.75, 3.05) is 6.61 Å². The summed E-state index contributed by atoms with van der Waals surface area (Å²) in [5, 5.41) is 12.0. The minimum absolute atomic E-state index is 0.0814. The molecular weight excluding hydrogens is 394 g/mol. The fourth-order valence-electron chi connectivity index (χ4n) is 4.11. The van der Waals surface area contributed by atoms with Crippen molar-refractivity contribution in [3.05, 3.63) is 76.9 Å². The quantitative estimate of drug-likeness (QED) is 0.540. The van der Waals surface area contributed by atoms with Gasteiger partial charge in [0.05, 0.1) is 5.69 Å². The maximum Gasteiger partial charge on any atom is 0.407 e. The van der Waals surface area contributed by atoms with Gasteiger partial charge in [0.2, 0.25) is 0 Å². The Morgan fingerprint density at radius 2 is 1.74 bits per heavy atom. The summed E-state index contributed by atoms with van der Waals surface area (Å²) in [6.07, 6.45) is 0.0541. The van der Waals surface area contributed by atoms with Gasteiger partial charge in [0.15, 0.2) is 0 Å². The molecule has 1 atom stereocenters. The fourth-order valence-corrected chi connectivity index (χ4v) is 4.11. The van der Waals surface area contributed by atoms with Crippen molar-refractivity contribution in [2.45, 2.75) is 38.6 Å². The molecule has 0 saturated heterocycles. The minimum Gasteiger partial charge on any atom is -0.480 e. The number of nitrogens with zero attached hydrogens (tertiary/aromatic N) is 1. The number of carboxylic acids is 1. The van der Waals surface area contributed by atoms with Crippen molar-refractivity contribution in [3.63, 3.8) is 0 Å². The second-order valence-corrected chi connectivity index (χ2v) is 7.67. The number of aromatic nitrogens is 2. The number of aromatic amines is 1. The van der Waals surface area contributed by atoms with Crippen molar-refractivity contribution >= 4 is 12.1 Å². The van der Waals surface area contributed by atoms with Crippen LogP contribution >= 0.6 is 0 Å². The molecule has 3 aromatic rings. The average Bonchev–Trinajstić information content (AvgIpc) is 3.29. The van der Waals surface area contributed by atoms with E-state index >= 15 is 0 Å². The number of H-pyrrole nitrogens is 1. The molecule has 1 aliphatic rings. The summed E-state index contributed by atoms with van der Waals surface area (Å²) in [5.74, 6) is -0.422. The molecule has 0 bridgehead atoms. The third-order valence-electron chi connectivity index (χ3n) is 5.70. The number of fused-ring (bicyclic) bond motifs is 3. The lowest BCUT2D eigenvalue weighted by molar-refractivity contribution is -0.139. The molecule has 0 fully saturated rings. The van der Waals surface area contributed by atoms with E-state index in [-0.39, 0.29) is 18.9 Å². The molecule has 0 aliphatic heterocycles. The number of benzene rings is 2. The Morgan fingerprint density at radius 1 is 1.13 bits per heavy atom. The smallest absolute Gasteiger partial charge is 0.407 e. The van der Waals surface area contributed by atoms with Crippen molar-refractivity contribution in [1.82, 2.24) is 15.3 Å². The van der Waals surface area contributed by atoms with E-state index in [4.69, 9.17) is 4.74 Å². The zero-order chi connectivity index (χ0) is 22.0. The van der Waals surface area contributed by atoms with E-state index in [1.54, 1.807) is 0 Å². The van der Waals surface area contributed by atoms with Crippen molar-refractivity contribution in [2.24, 2.45) is 0 Å². The highest BCUT2D eigenvalue weighted by molar-refractivity contribution is 5.81. The summed E-state index contributed by atoms with van der Waals surface area (Å²) in [4.78, 5) is 31.7. The van der Waals surface area contributed by atoms with Crippen LogP contribution < -0.4 is 5.32 Å². The van der Waals surface area contributed by atoms with E-state index in [0.717, 1.165) is 40.2 Å². The Morgan fingerprint density at radius 3 is 2.29 bits per heavy atom. The Balaban J connectivity index is 1.43. The van der Waals surface area contributed by atoms with E-state index in [2.05, 4.69) is 27.4 Å². The topological polar surface area (TPSA) is 104 Å². The number of hydrogen-bond donors (Lipinski definition) is 3. The SMILES string of the molecule is CCc1nc(CC(NC(=O)OCC2c3ccccc3-c3ccccc32)C(=O)O)c(C)[nH]1. The number of amides is 1. The van der Waals surface area contributed by atoms with Crippen molar-refractivity contribution in [3.8, 4) is 11.1 Å². The number of carbonyl (C=O) groups is 2. The van der Waals surface area contributed by atoms with Crippen LogP contribution in [0.3, 0.4) is 0 Å². The summed E-state index contributed by atoms with van der Waals surface area (Å²) < 4.78 is 5.47. The van der Waals surface area contributed by atoms with E-state index in [1.165, 1.54) is 0 Å². The number of aliphatic carboxylic acids is 1. The molecule has 1 heterocycles. The molecule has 1 aromatic heterocycles. The number of ether oxygens (including phenoxy) is 1. The summed E-state index contributed by atoms with van der Waals surface area (Å²) in [7, 11) is 0. The van der Waals surface area contributed by atoms with E-state index < -0.39 is 18.1 Å². The van der Waals surface area contributed by atoms with Crippen molar-refractivity contribution < 1.29 is 19.4 Å². The molecule has 0 spiro atoms. The first kappa shape index (κ1) is 20.7. The number of rotatable bonds is 7. The van der Waals surface area contributed by atoms with Crippen LogP contribution in [0.25, 0.3) is 11.1 Å². The summed E-state index contributed by atoms with van der Waals surface area (Å²) in [5.41, 5.74) is 5.91. The molecule has 7 heteroatoms. The fraction of sp³-hybridized carbons (Fsp3) is 0.292. The second kappa shape index (κ2) is 8.63. The van der Waals surface area contributed by atoms with Gasteiger partial charge in [-0.25, -0.2) is 14.6 Å². The highest BCUT2D eigenvalue weighted by atomic mass is 16.5. The number of nitrogens with one attached hydrogen (secondary N) is 2. The summed E-state index contributed by atoms with van der Waals surface area (Å²) >= 11 is 0. The summed E-state index contributed by atoms with van der Waals surface area (Å²) in [6, 6.07) is 15.0. The molecule has 1 unspecified atom stereocenters. The molecule has 4 rings (SSSR count). The molecule has 160 valence electrons. The van der Waals surface area contributed by atoms with Crippen LogP contribution in [0.2, 0.25) is 0 Å². The Hall–Kier alpha value is -3.61. The molecule has 0 radical (unpaired) electrons. The van der Waals surface area contributed by atoms with Gasteiger partial charge in [-0.15, -0.1) is 0 Å². The number of carboxylic acid groups (broad SMARTS) is 1. The van der Waals surface area contributed by atoms with Gasteiger partial charge >= 0.3 is 12.1 Å². The number of alkyl carbamates (subject to hydrolysis) is 1. The zero-order valence-corrected chi connectivity index (χ0v) is 17.5. The molecule has 7 nitrogen and oxygen atoms in total. The average molecular weight is 419 g/mol. The monoisotopic (exact) mass is 419 g/mol. The van der Waals surface area contributed by atoms with Gasteiger partial charge in [-0.3, -0.25) is 0 Å². The van der Waals surface area contributed by atoms with Crippen LogP contribution in [-0.4, -0.2) is 39.8 Å². The maximum absolute atomic E-state index is 12.5. The van der Waals surface area contributed by atoms with Gasteiger partial charge in [-0.05, 0) is 29.2 Å². The van der Waals surface area contributed by atoms with Crippen molar-refractivity contribution in [1.29, 1.82) is 0 Å². The van der Waals surface area contributed by atoms with E-state index in [9.17, 15) is 14.7 Å². The molecular formula is C24H25N3O4. The van der Waals surface area contributed by atoms with Crippen LogP contribution in [0.4, 0.5) is 4.79 Å². The Bertz CT molecular complexity index is 1080. The molecule has 1 aliphatic carbocycles. The van der Waals surface area contributed by atoms with Crippen LogP contribution in [-0.2, 0) is 22.4 Å². The predicted molar refractivity (Wildman–Crippen MR) is 116 cm³/mol. The lowest BCUT2D eigenvalue weighted by Gasteiger charge is -2.17. The summed E-state index contributed by atoms with van der Waals surface area (Å²) in [6.45, 7) is 3.94. The third kappa shape index (κ3) is 4.17. The Labute approximate surface area is 180 Å². The molecule has 31 heavy (non-hydrogen) atoms. The van der Waals surface area contributed by atoms with Gasteiger partial charge in [-0.2, -0.15) is 0 Å². The van der Waals surface area contributed by atoms with Gasteiger partial charge < -0.3 is 20.1 Å².